The van der Waals surface area contributed by atoms with Crippen LogP contribution in [0.5, 0.6) is 0 Å². The van der Waals surface area contributed by atoms with Crippen molar-refractivity contribution in [2.45, 2.75) is 108 Å². The van der Waals surface area contributed by atoms with Crippen molar-refractivity contribution in [3.8, 4) is 0 Å². The molecule has 2 saturated heterocycles. The minimum atomic E-state index is -4.08. The maximum absolute atomic E-state index is 13.8. The van der Waals surface area contributed by atoms with Crippen LogP contribution in [0.3, 0.4) is 0 Å². The number of nitrogens with one attached hydrogen (secondary N) is 4. The highest BCUT2D eigenvalue weighted by molar-refractivity contribution is 7.89. The summed E-state index contributed by atoms with van der Waals surface area (Å²) >= 11 is 0. The lowest BCUT2D eigenvalue weighted by Gasteiger charge is -2.43. The monoisotopic (exact) mass is 646 g/mol. The Hall–Kier alpha value is -2.88. The van der Waals surface area contributed by atoms with E-state index in [1.165, 1.54) is 4.90 Å². The van der Waals surface area contributed by atoms with E-state index in [1.54, 1.807) is 20.8 Å². The largest absolute Gasteiger partial charge is 0.347 e. The number of Topliss-reactive ketones (excluding diaryl/α,β-unsaturated/α-hetero) is 1. The molecule has 4 N–H and O–H groups in total. The van der Waals surface area contributed by atoms with Crippen LogP contribution in [0.25, 0.3) is 0 Å². The first-order chi connectivity index (χ1) is 20.4. The number of carbonyl (C=O) groups excluding carboxylic acids is 5. The van der Waals surface area contributed by atoms with Gasteiger partial charge in [-0.25, -0.2) is 22.0 Å². The van der Waals surface area contributed by atoms with Gasteiger partial charge >= 0.3 is 6.03 Å². The van der Waals surface area contributed by atoms with Gasteiger partial charge in [-0.3, -0.25) is 19.2 Å². The number of hydrogen-bond acceptors (Lipinski definition) is 7. The summed E-state index contributed by atoms with van der Waals surface area (Å²) in [7, 11) is -4.08. The van der Waals surface area contributed by atoms with E-state index in [-0.39, 0.29) is 12.6 Å². The molecule has 13 nitrogen and oxygen atoms in total. The number of alkyl halides is 2. The van der Waals surface area contributed by atoms with E-state index >= 15 is 0 Å². The van der Waals surface area contributed by atoms with Crippen molar-refractivity contribution in [3.63, 3.8) is 0 Å². The van der Waals surface area contributed by atoms with Gasteiger partial charge in [-0.1, -0.05) is 40.0 Å². The van der Waals surface area contributed by atoms with Gasteiger partial charge < -0.3 is 26.2 Å². The van der Waals surface area contributed by atoms with E-state index < -0.39 is 93.9 Å². The van der Waals surface area contributed by atoms with Gasteiger partial charge in [0.2, 0.25) is 27.6 Å². The summed E-state index contributed by atoms with van der Waals surface area (Å²) in [5.41, 5.74) is -2.00. The van der Waals surface area contributed by atoms with Gasteiger partial charge in [0.25, 0.3) is 11.8 Å². The van der Waals surface area contributed by atoms with E-state index in [2.05, 4.69) is 21.3 Å². The smallest absolute Gasteiger partial charge is 0.315 e. The number of amides is 5. The predicted octanol–water partition coefficient (Wildman–Crippen LogP) is 0.639. The lowest BCUT2D eigenvalue weighted by atomic mass is 9.83. The molecule has 0 aromatic rings. The van der Waals surface area contributed by atoms with Crippen LogP contribution in [-0.4, -0.2) is 109 Å². The molecule has 0 aromatic heterocycles. The van der Waals surface area contributed by atoms with E-state index in [9.17, 15) is 41.2 Å². The van der Waals surface area contributed by atoms with Crippen LogP contribution in [-0.2, 0) is 29.2 Å². The average Bonchev–Trinajstić information content (AvgIpc) is 3.58. The molecule has 4 aliphatic rings. The Morgan fingerprint density at radius 2 is 1.59 bits per heavy atom. The molecule has 248 valence electrons. The normalized spacial score (nSPS) is 24.0. The third-order valence-corrected chi connectivity index (χ3v) is 10.6. The molecule has 0 spiro atoms. The van der Waals surface area contributed by atoms with Crippen LogP contribution in [0.15, 0.2) is 0 Å². The Labute approximate surface area is 256 Å². The number of hydrogen-bond donors (Lipinski definition) is 4. The maximum atomic E-state index is 13.8. The highest BCUT2D eigenvalue weighted by Crippen LogP contribution is 2.35. The summed E-state index contributed by atoms with van der Waals surface area (Å²) in [4.78, 5) is 65.6. The second kappa shape index (κ2) is 12.9. The highest BCUT2D eigenvalue weighted by atomic mass is 32.2. The summed E-state index contributed by atoms with van der Waals surface area (Å²) in [5, 5.41) is 10.5. The van der Waals surface area contributed by atoms with Gasteiger partial charge in [0.05, 0.1) is 30.9 Å². The van der Waals surface area contributed by atoms with Crippen molar-refractivity contribution in [3.05, 3.63) is 0 Å². The molecule has 5 amide bonds. The third-order valence-electron chi connectivity index (χ3n) is 8.67. The number of rotatable bonds is 11. The summed E-state index contributed by atoms with van der Waals surface area (Å²) in [6.45, 7) is 3.19. The Bertz CT molecular complexity index is 1250. The van der Waals surface area contributed by atoms with E-state index in [0.717, 1.165) is 23.6 Å². The lowest BCUT2D eigenvalue weighted by Crippen LogP contribution is -2.65. The van der Waals surface area contributed by atoms with E-state index in [4.69, 9.17) is 0 Å². The molecule has 4 fully saturated rings. The van der Waals surface area contributed by atoms with E-state index in [0.29, 0.717) is 38.5 Å². The first-order valence-corrected chi connectivity index (χ1v) is 16.9. The maximum Gasteiger partial charge on any atom is 0.315 e. The highest BCUT2D eigenvalue weighted by Gasteiger charge is 2.52. The van der Waals surface area contributed by atoms with E-state index in [1.807, 2.05) is 0 Å². The van der Waals surface area contributed by atoms with Crippen LogP contribution in [0.1, 0.15) is 78.6 Å². The number of ketones is 1. The van der Waals surface area contributed by atoms with Gasteiger partial charge in [0.15, 0.2) is 0 Å². The summed E-state index contributed by atoms with van der Waals surface area (Å²) in [5.74, 6) is -6.24. The minimum absolute atomic E-state index is 0.00456. The molecule has 2 heterocycles. The van der Waals surface area contributed by atoms with Crippen molar-refractivity contribution < 1.29 is 41.2 Å². The lowest BCUT2D eigenvalue weighted by molar-refractivity contribution is -0.142. The fraction of sp³-hybridized carbons (Fsp3) is 0.821. The summed E-state index contributed by atoms with van der Waals surface area (Å²) < 4.78 is 53.5. The molecule has 44 heavy (non-hydrogen) atoms. The Kier molecular flexibility index (Phi) is 9.93. The molecule has 2 aliphatic heterocycles. The zero-order chi connectivity index (χ0) is 32.5. The molecule has 0 bridgehead atoms. The molecular formula is C28H44F2N6O7S. The topological polar surface area (TPSA) is 174 Å². The summed E-state index contributed by atoms with van der Waals surface area (Å²) in [6, 6.07) is -2.78. The predicted molar refractivity (Wildman–Crippen MR) is 155 cm³/mol. The molecule has 2 atom stereocenters. The van der Waals surface area contributed by atoms with Crippen LogP contribution in [0.2, 0.25) is 0 Å². The quantitative estimate of drug-likeness (QED) is 0.238. The second-order valence-corrected chi connectivity index (χ2v) is 15.7. The van der Waals surface area contributed by atoms with Crippen molar-refractivity contribution in [1.82, 2.24) is 30.5 Å². The van der Waals surface area contributed by atoms with Gasteiger partial charge in [-0.15, -0.1) is 0 Å². The zero-order valence-electron chi connectivity index (χ0n) is 25.5. The fourth-order valence-corrected chi connectivity index (χ4v) is 8.04. The van der Waals surface area contributed by atoms with Crippen LogP contribution in [0, 0.1) is 5.41 Å². The molecular weight excluding hydrogens is 602 g/mol. The number of halogens is 2. The molecule has 2 aliphatic carbocycles. The Morgan fingerprint density at radius 3 is 2.16 bits per heavy atom. The number of likely N-dealkylation sites (tertiary alicyclic amines) is 1. The Morgan fingerprint density at radius 1 is 0.955 bits per heavy atom. The van der Waals surface area contributed by atoms with Gasteiger partial charge in [0.1, 0.15) is 12.1 Å². The van der Waals surface area contributed by atoms with Crippen molar-refractivity contribution >= 4 is 39.6 Å². The van der Waals surface area contributed by atoms with Gasteiger partial charge in [-0.2, -0.15) is 4.31 Å². The van der Waals surface area contributed by atoms with Crippen molar-refractivity contribution in [1.29, 1.82) is 0 Å². The molecule has 16 heteroatoms. The number of nitrogens with zero attached hydrogens (tertiary/aromatic N) is 2. The first kappa shape index (κ1) is 34.0. The van der Waals surface area contributed by atoms with Crippen LogP contribution >= 0.6 is 0 Å². The molecule has 2 saturated carbocycles. The van der Waals surface area contributed by atoms with Gasteiger partial charge in [-0.05, 0) is 43.9 Å². The zero-order valence-corrected chi connectivity index (χ0v) is 26.4. The molecule has 0 radical (unpaired) electrons. The fourth-order valence-electron chi connectivity index (χ4n) is 6.03. The first-order valence-electron chi connectivity index (χ1n) is 15.3. The summed E-state index contributed by atoms with van der Waals surface area (Å²) in [6.07, 6.45) is 5.26. The SMILES string of the molecule is CC(C)(C)[C@H](NC(=O)NC1(CS(=O)(=O)N2CC(F)(F)C2)CCCCC1)C(=O)N1CCC[C@H]1C(=O)NCC(=O)C(=O)NC1CC1. The molecule has 0 aromatic carbocycles. The van der Waals surface area contributed by atoms with Crippen molar-refractivity contribution in [2.75, 3.05) is 31.9 Å². The minimum Gasteiger partial charge on any atom is -0.347 e. The number of carbonyl (C=O) groups is 5. The molecule has 0 unspecified atom stereocenters. The standard InChI is InChI=1S/C28H44F2N6O7S/c1-26(2,3)21(24(40)36-13-7-8-19(36)22(38)31-14-20(37)23(39)32-18-9-10-18)33-25(41)34-27(11-5-4-6-12-27)17-44(42,43)35-15-28(29,30)16-35/h18-19,21H,4-17H2,1-3H3,(H,31,38)(H,32,39)(H2,33,34,41)/t19-,21+/m0/s1. The average molecular weight is 647 g/mol. The third kappa shape index (κ3) is 8.43. The number of urea groups is 1. The van der Waals surface area contributed by atoms with Crippen LogP contribution < -0.4 is 21.3 Å². The number of sulfonamides is 1. The Balaban J connectivity index is 1.40. The molecule has 4 rings (SSSR count). The second-order valence-electron chi connectivity index (χ2n) is 13.7. The van der Waals surface area contributed by atoms with Gasteiger partial charge in [0, 0.05) is 12.6 Å². The van der Waals surface area contributed by atoms with Crippen LogP contribution in [0.4, 0.5) is 13.6 Å². The van der Waals surface area contributed by atoms with Crippen molar-refractivity contribution in [2.24, 2.45) is 5.41 Å².